The molecule has 0 spiro atoms. The van der Waals surface area contributed by atoms with Gasteiger partial charge in [-0.25, -0.2) is 0 Å². The lowest BCUT2D eigenvalue weighted by atomic mass is 10.1. The Balaban J connectivity index is 1.23. The molecule has 0 fully saturated rings. The van der Waals surface area contributed by atoms with Crippen molar-refractivity contribution in [2.75, 3.05) is 0 Å². The molecule has 2 aliphatic carbocycles. The summed E-state index contributed by atoms with van der Waals surface area (Å²) in [5, 5.41) is 8.44. The van der Waals surface area contributed by atoms with Crippen LogP contribution in [0.5, 0.6) is 0 Å². The van der Waals surface area contributed by atoms with E-state index in [1.807, 2.05) is 0 Å². The largest absolute Gasteiger partial charge is 0.122 e. The molecule has 0 nitrogen and oxygen atoms in total. The van der Waals surface area contributed by atoms with Crippen molar-refractivity contribution in [3.63, 3.8) is 0 Å². The molecular formula is C46H38P2+2. The molecule has 230 valence electrons. The zero-order chi connectivity index (χ0) is 32.2. The van der Waals surface area contributed by atoms with Crippen LogP contribution in [-0.2, 0) is 0 Å². The van der Waals surface area contributed by atoms with Crippen LogP contribution in [0.2, 0.25) is 0 Å². The Hall–Kier alpha value is -4.86. The molecule has 6 aromatic carbocycles. The standard InChI is InChI=1S/C46H38P2/c1-5-17-39(18-6-1)47(43-25-13-14-26-43,40-19-7-2-8-20-40)45-33-29-37(30-34-45)38-31-35-46(36-32-38)48(44-27-15-16-28-44,41-21-9-3-10-22-41)42-23-11-4-12-24-42/h1-36,43-44H/q+2. The van der Waals surface area contributed by atoms with Crippen LogP contribution in [-0.4, -0.2) is 11.3 Å². The van der Waals surface area contributed by atoms with E-state index in [0.29, 0.717) is 11.3 Å². The molecule has 0 amide bonds. The highest BCUT2D eigenvalue weighted by atomic mass is 31.2. The number of benzene rings is 6. The molecule has 0 bridgehead atoms. The average molecular weight is 653 g/mol. The van der Waals surface area contributed by atoms with E-state index < -0.39 is 14.5 Å². The van der Waals surface area contributed by atoms with Crippen molar-refractivity contribution in [3.05, 3.63) is 218 Å². The third kappa shape index (κ3) is 5.18. The lowest BCUT2D eigenvalue weighted by Gasteiger charge is -2.31. The Kier molecular flexibility index (Phi) is 8.46. The first-order chi connectivity index (χ1) is 23.8. The smallest absolute Gasteiger partial charge is 0.0622 e. The number of hydrogen-bond donors (Lipinski definition) is 0. The van der Waals surface area contributed by atoms with Gasteiger partial charge in [0.05, 0.1) is 0 Å². The first kappa shape index (κ1) is 30.5. The lowest BCUT2D eigenvalue weighted by Crippen LogP contribution is -2.37. The van der Waals surface area contributed by atoms with E-state index in [1.165, 1.54) is 43.0 Å². The molecule has 0 saturated heterocycles. The third-order valence-electron chi connectivity index (χ3n) is 9.89. The van der Waals surface area contributed by atoms with Crippen LogP contribution in [0.15, 0.2) is 218 Å². The molecule has 8 rings (SSSR count). The van der Waals surface area contributed by atoms with E-state index in [2.05, 4.69) is 218 Å². The highest BCUT2D eigenvalue weighted by Gasteiger charge is 2.52. The van der Waals surface area contributed by atoms with Gasteiger partial charge < -0.3 is 0 Å². The zero-order valence-corrected chi connectivity index (χ0v) is 28.6. The summed E-state index contributed by atoms with van der Waals surface area (Å²) in [6, 6.07) is 63.6. The molecule has 0 atom stereocenters. The van der Waals surface area contributed by atoms with E-state index in [4.69, 9.17) is 0 Å². The highest BCUT2D eigenvalue weighted by Crippen LogP contribution is 2.62. The summed E-state index contributed by atoms with van der Waals surface area (Å²) in [6.07, 6.45) is 18.4. The number of rotatable bonds is 9. The predicted molar refractivity (Wildman–Crippen MR) is 213 cm³/mol. The van der Waals surface area contributed by atoms with E-state index in [9.17, 15) is 0 Å². The van der Waals surface area contributed by atoms with Gasteiger partial charge in [-0.05, 0) is 108 Å². The van der Waals surface area contributed by atoms with Gasteiger partial charge in [0.2, 0.25) is 0 Å². The van der Waals surface area contributed by atoms with Crippen LogP contribution >= 0.6 is 14.5 Å². The van der Waals surface area contributed by atoms with E-state index in [-0.39, 0.29) is 0 Å². The van der Waals surface area contributed by atoms with Crippen molar-refractivity contribution in [1.82, 2.24) is 0 Å². The summed E-state index contributed by atoms with van der Waals surface area (Å²) in [5.41, 5.74) is 3.12. The molecule has 48 heavy (non-hydrogen) atoms. The Bertz CT molecular complexity index is 1830. The van der Waals surface area contributed by atoms with E-state index in [0.717, 1.165) is 0 Å². The maximum Gasteiger partial charge on any atom is 0.122 e. The Morgan fingerprint density at radius 3 is 0.729 bits per heavy atom. The fourth-order valence-corrected chi connectivity index (χ4v) is 16.8. The Morgan fingerprint density at radius 1 is 0.250 bits per heavy atom. The maximum atomic E-state index is 2.40. The van der Waals surface area contributed by atoms with Crippen molar-refractivity contribution < 1.29 is 0 Å². The molecule has 0 unspecified atom stereocenters. The molecule has 0 heterocycles. The molecule has 0 N–H and O–H groups in total. The molecule has 0 aliphatic heterocycles. The summed E-state index contributed by atoms with van der Waals surface area (Å²) >= 11 is 0. The van der Waals surface area contributed by atoms with Gasteiger partial charge in [-0.3, -0.25) is 0 Å². The van der Waals surface area contributed by atoms with Crippen molar-refractivity contribution in [2.45, 2.75) is 11.3 Å². The second-order valence-electron chi connectivity index (χ2n) is 12.4. The van der Waals surface area contributed by atoms with Crippen molar-refractivity contribution in [3.8, 4) is 11.1 Å². The Morgan fingerprint density at radius 2 is 0.479 bits per heavy atom. The molecule has 6 aromatic rings. The topological polar surface area (TPSA) is 0 Å². The normalized spacial score (nSPS) is 14.6. The first-order valence-electron chi connectivity index (χ1n) is 16.7. The minimum atomic E-state index is -2.00. The van der Waals surface area contributed by atoms with E-state index in [1.54, 1.807) is 0 Å². The van der Waals surface area contributed by atoms with Crippen molar-refractivity contribution >= 4 is 46.4 Å². The fraction of sp³-hybridized carbons (Fsp3) is 0.0435. The molecule has 2 aliphatic rings. The molecule has 0 saturated carbocycles. The van der Waals surface area contributed by atoms with Crippen molar-refractivity contribution in [1.29, 1.82) is 0 Å². The highest BCUT2D eigenvalue weighted by molar-refractivity contribution is 7.97. The lowest BCUT2D eigenvalue weighted by molar-refractivity contribution is 1.42. The molecule has 0 aromatic heterocycles. The Labute approximate surface area is 286 Å². The number of allylic oxidation sites excluding steroid dienone is 8. The summed E-state index contributed by atoms with van der Waals surface area (Å²) in [6.45, 7) is 0. The van der Waals surface area contributed by atoms with Crippen LogP contribution in [0.1, 0.15) is 0 Å². The van der Waals surface area contributed by atoms with Gasteiger partial charge in [0, 0.05) is 0 Å². The first-order valence-corrected chi connectivity index (χ1v) is 20.4. The van der Waals surface area contributed by atoms with Gasteiger partial charge in [-0.1, -0.05) is 121 Å². The monoisotopic (exact) mass is 652 g/mol. The van der Waals surface area contributed by atoms with Crippen LogP contribution in [0.3, 0.4) is 0 Å². The van der Waals surface area contributed by atoms with E-state index >= 15 is 0 Å². The van der Waals surface area contributed by atoms with Gasteiger partial charge in [-0.15, -0.1) is 0 Å². The number of hydrogen-bond acceptors (Lipinski definition) is 0. The molecule has 2 heteroatoms. The quantitative estimate of drug-likeness (QED) is 0.137. The summed E-state index contributed by atoms with van der Waals surface area (Å²) in [4.78, 5) is 0. The van der Waals surface area contributed by atoms with Crippen LogP contribution in [0, 0.1) is 0 Å². The third-order valence-corrected chi connectivity index (χ3v) is 19.0. The average Bonchev–Trinajstić information content (AvgIpc) is 3.92. The van der Waals surface area contributed by atoms with Gasteiger partial charge in [0.15, 0.2) is 0 Å². The van der Waals surface area contributed by atoms with Crippen LogP contribution in [0.25, 0.3) is 11.1 Å². The van der Waals surface area contributed by atoms with Gasteiger partial charge >= 0.3 is 0 Å². The second-order valence-corrected chi connectivity index (χ2v) is 19.6. The molecule has 0 radical (unpaired) electrons. The SMILES string of the molecule is C1=CC([P+](c2ccccc2)(c2ccccc2)c2ccc(-c3ccc([P+](c4ccccc4)(c4ccccc4)C4C=CC=C4)cc3)cc2)C=C1. The van der Waals surface area contributed by atoms with Crippen LogP contribution < -0.4 is 31.8 Å². The zero-order valence-electron chi connectivity index (χ0n) is 26.8. The minimum absolute atomic E-state index is 0.319. The predicted octanol–water partition coefficient (Wildman–Crippen LogP) is 8.93. The van der Waals surface area contributed by atoms with Gasteiger partial charge in [-0.2, -0.15) is 0 Å². The van der Waals surface area contributed by atoms with Gasteiger partial charge in [0.1, 0.15) is 57.7 Å². The van der Waals surface area contributed by atoms with Gasteiger partial charge in [0.25, 0.3) is 0 Å². The maximum absolute atomic E-state index is 2.40. The van der Waals surface area contributed by atoms with Crippen molar-refractivity contribution in [2.24, 2.45) is 0 Å². The summed E-state index contributed by atoms with van der Waals surface area (Å²) in [7, 11) is -4.01. The second kappa shape index (κ2) is 13.3. The summed E-state index contributed by atoms with van der Waals surface area (Å²) in [5.74, 6) is 0. The molecular weight excluding hydrogens is 614 g/mol. The fourth-order valence-electron chi connectivity index (χ4n) is 7.71. The van der Waals surface area contributed by atoms with Crippen LogP contribution in [0.4, 0.5) is 0 Å². The summed E-state index contributed by atoms with van der Waals surface area (Å²) < 4.78 is 0. The minimum Gasteiger partial charge on any atom is -0.0622 e.